The maximum atomic E-state index is 13.7. The summed E-state index contributed by atoms with van der Waals surface area (Å²) >= 11 is 0. The first-order valence-corrected chi connectivity index (χ1v) is 6.79. The van der Waals surface area contributed by atoms with E-state index < -0.39 is 5.82 Å². The normalized spacial score (nSPS) is 14.2. The number of benzene rings is 1. The molecular formula is C16H19F2NO. The van der Waals surface area contributed by atoms with Gasteiger partial charge < -0.3 is 9.73 Å². The third-order valence-electron chi connectivity index (χ3n) is 3.36. The quantitative estimate of drug-likeness (QED) is 0.856. The van der Waals surface area contributed by atoms with E-state index in [1.807, 2.05) is 26.0 Å². The maximum absolute atomic E-state index is 13.7. The van der Waals surface area contributed by atoms with Crippen LogP contribution in [0.1, 0.15) is 37.6 Å². The highest BCUT2D eigenvalue weighted by Gasteiger charge is 2.14. The van der Waals surface area contributed by atoms with Gasteiger partial charge in [-0.1, -0.05) is 0 Å². The lowest BCUT2D eigenvalue weighted by atomic mass is 10.0. The highest BCUT2D eigenvalue weighted by Crippen LogP contribution is 2.19. The number of hydrogen-bond acceptors (Lipinski definition) is 2. The third-order valence-corrected chi connectivity index (χ3v) is 3.36. The fourth-order valence-corrected chi connectivity index (χ4v) is 2.26. The molecule has 4 heteroatoms. The van der Waals surface area contributed by atoms with Crippen molar-refractivity contribution in [2.75, 3.05) is 0 Å². The van der Waals surface area contributed by atoms with Crippen molar-refractivity contribution in [3.05, 3.63) is 59.6 Å². The fraction of sp³-hybridized carbons (Fsp3) is 0.375. The molecule has 0 bridgehead atoms. The first-order valence-electron chi connectivity index (χ1n) is 6.79. The SMILES string of the molecule is CC(CCc1ccco1)NC(C)c1cc(F)ccc1F. The van der Waals surface area contributed by atoms with Gasteiger partial charge in [0.25, 0.3) is 0 Å². The Morgan fingerprint density at radius 3 is 2.70 bits per heavy atom. The minimum atomic E-state index is -0.418. The van der Waals surface area contributed by atoms with E-state index >= 15 is 0 Å². The van der Waals surface area contributed by atoms with Crippen molar-refractivity contribution in [1.29, 1.82) is 0 Å². The zero-order chi connectivity index (χ0) is 14.5. The molecule has 2 aromatic rings. The van der Waals surface area contributed by atoms with Crippen molar-refractivity contribution in [2.24, 2.45) is 0 Å². The van der Waals surface area contributed by atoms with Crippen LogP contribution in [0.5, 0.6) is 0 Å². The Kier molecular flexibility index (Phi) is 4.90. The van der Waals surface area contributed by atoms with Gasteiger partial charge in [-0.2, -0.15) is 0 Å². The van der Waals surface area contributed by atoms with Crippen LogP contribution in [0.25, 0.3) is 0 Å². The lowest BCUT2D eigenvalue weighted by Crippen LogP contribution is -2.29. The van der Waals surface area contributed by atoms with E-state index in [4.69, 9.17) is 4.42 Å². The van der Waals surface area contributed by atoms with E-state index in [0.29, 0.717) is 5.56 Å². The summed E-state index contributed by atoms with van der Waals surface area (Å²) in [5, 5.41) is 3.28. The second-order valence-corrected chi connectivity index (χ2v) is 5.07. The van der Waals surface area contributed by atoms with Crippen molar-refractivity contribution in [3.8, 4) is 0 Å². The smallest absolute Gasteiger partial charge is 0.128 e. The lowest BCUT2D eigenvalue weighted by molar-refractivity contribution is 0.421. The third kappa shape index (κ3) is 3.90. The van der Waals surface area contributed by atoms with Crippen molar-refractivity contribution in [1.82, 2.24) is 5.32 Å². The molecule has 0 amide bonds. The minimum absolute atomic E-state index is 0.178. The molecule has 2 atom stereocenters. The summed E-state index contributed by atoms with van der Waals surface area (Å²) < 4.78 is 32.1. The van der Waals surface area contributed by atoms with Gasteiger partial charge in [0, 0.05) is 24.1 Å². The number of furan rings is 1. The Balaban J connectivity index is 1.89. The summed E-state index contributed by atoms with van der Waals surface area (Å²) in [6, 6.07) is 7.27. The molecule has 2 nitrogen and oxygen atoms in total. The van der Waals surface area contributed by atoms with Crippen LogP contribution in [0.15, 0.2) is 41.0 Å². The van der Waals surface area contributed by atoms with Gasteiger partial charge in [-0.3, -0.25) is 0 Å². The van der Waals surface area contributed by atoms with E-state index in [0.717, 1.165) is 30.7 Å². The molecule has 0 aliphatic rings. The predicted molar refractivity (Wildman–Crippen MR) is 74.4 cm³/mol. The molecular weight excluding hydrogens is 260 g/mol. The van der Waals surface area contributed by atoms with Gasteiger partial charge in [0.05, 0.1) is 6.26 Å². The summed E-state index contributed by atoms with van der Waals surface area (Å²) in [6.07, 6.45) is 3.34. The Morgan fingerprint density at radius 1 is 1.20 bits per heavy atom. The molecule has 2 rings (SSSR count). The Bertz CT molecular complexity index is 539. The monoisotopic (exact) mass is 279 g/mol. The van der Waals surface area contributed by atoms with Gasteiger partial charge in [-0.05, 0) is 50.6 Å². The molecule has 0 spiro atoms. The van der Waals surface area contributed by atoms with Crippen LogP contribution in [0.4, 0.5) is 8.78 Å². The molecule has 1 aromatic heterocycles. The Hall–Kier alpha value is -1.68. The van der Waals surface area contributed by atoms with Gasteiger partial charge in [0.15, 0.2) is 0 Å². The highest BCUT2D eigenvalue weighted by molar-refractivity contribution is 5.21. The highest BCUT2D eigenvalue weighted by atomic mass is 19.1. The van der Waals surface area contributed by atoms with Crippen LogP contribution in [-0.2, 0) is 6.42 Å². The van der Waals surface area contributed by atoms with Crippen molar-refractivity contribution in [2.45, 2.75) is 38.8 Å². The van der Waals surface area contributed by atoms with Crippen LogP contribution in [0, 0.1) is 11.6 Å². The number of nitrogens with one attached hydrogen (secondary N) is 1. The summed E-state index contributed by atoms with van der Waals surface area (Å²) in [7, 11) is 0. The molecule has 0 saturated carbocycles. The summed E-state index contributed by atoms with van der Waals surface area (Å²) in [6.45, 7) is 3.86. The molecule has 1 aromatic carbocycles. The van der Waals surface area contributed by atoms with E-state index in [1.54, 1.807) is 6.26 Å². The first kappa shape index (κ1) is 14.7. The largest absolute Gasteiger partial charge is 0.469 e. The number of hydrogen-bond donors (Lipinski definition) is 1. The molecule has 1 N–H and O–H groups in total. The first-order chi connectivity index (χ1) is 9.56. The zero-order valence-electron chi connectivity index (χ0n) is 11.7. The van der Waals surface area contributed by atoms with Crippen molar-refractivity contribution < 1.29 is 13.2 Å². The van der Waals surface area contributed by atoms with Gasteiger partial charge in [-0.15, -0.1) is 0 Å². The van der Waals surface area contributed by atoms with Gasteiger partial charge >= 0.3 is 0 Å². The lowest BCUT2D eigenvalue weighted by Gasteiger charge is -2.20. The zero-order valence-corrected chi connectivity index (χ0v) is 11.7. The summed E-state index contributed by atoms with van der Waals surface area (Å²) in [5.74, 6) is 0.131. The molecule has 0 radical (unpaired) electrons. The molecule has 0 aliphatic heterocycles. The van der Waals surface area contributed by atoms with Crippen LogP contribution in [-0.4, -0.2) is 6.04 Å². The number of aryl methyl sites for hydroxylation is 1. The van der Waals surface area contributed by atoms with Gasteiger partial charge in [-0.25, -0.2) is 8.78 Å². The molecule has 2 unspecified atom stereocenters. The molecule has 1 heterocycles. The average Bonchev–Trinajstić information content (AvgIpc) is 2.92. The summed E-state index contributed by atoms with van der Waals surface area (Å²) in [5.41, 5.74) is 0.356. The van der Waals surface area contributed by atoms with Crippen LogP contribution in [0.2, 0.25) is 0 Å². The Labute approximate surface area is 117 Å². The van der Waals surface area contributed by atoms with Crippen molar-refractivity contribution in [3.63, 3.8) is 0 Å². The van der Waals surface area contributed by atoms with Crippen LogP contribution >= 0.6 is 0 Å². The molecule has 0 aliphatic carbocycles. The number of halogens is 2. The maximum Gasteiger partial charge on any atom is 0.128 e. The van der Waals surface area contributed by atoms with Crippen LogP contribution < -0.4 is 5.32 Å². The molecule has 0 fully saturated rings. The second kappa shape index (κ2) is 6.66. The van der Waals surface area contributed by atoms with Gasteiger partial charge in [0.2, 0.25) is 0 Å². The van der Waals surface area contributed by atoms with Gasteiger partial charge in [0.1, 0.15) is 17.4 Å². The van der Waals surface area contributed by atoms with Crippen LogP contribution in [0.3, 0.4) is 0 Å². The fourth-order valence-electron chi connectivity index (χ4n) is 2.26. The standard InChI is InChI=1S/C16H19F2NO/c1-11(5-7-14-4-3-9-20-14)19-12(2)15-10-13(17)6-8-16(15)18/h3-4,6,8-12,19H,5,7H2,1-2H3. The molecule has 108 valence electrons. The summed E-state index contributed by atoms with van der Waals surface area (Å²) in [4.78, 5) is 0. The van der Waals surface area contributed by atoms with E-state index in [9.17, 15) is 8.78 Å². The van der Waals surface area contributed by atoms with Crippen molar-refractivity contribution >= 4 is 0 Å². The minimum Gasteiger partial charge on any atom is -0.469 e. The van der Waals surface area contributed by atoms with E-state index in [-0.39, 0.29) is 17.9 Å². The van der Waals surface area contributed by atoms with E-state index in [2.05, 4.69) is 5.32 Å². The molecule has 0 saturated heterocycles. The Morgan fingerprint density at radius 2 is 2.00 bits per heavy atom. The second-order valence-electron chi connectivity index (χ2n) is 5.07. The predicted octanol–water partition coefficient (Wildman–Crippen LogP) is 4.23. The number of rotatable bonds is 6. The topological polar surface area (TPSA) is 25.2 Å². The molecule has 20 heavy (non-hydrogen) atoms. The average molecular weight is 279 g/mol. The van der Waals surface area contributed by atoms with E-state index in [1.165, 1.54) is 6.07 Å².